The van der Waals surface area contributed by atoms with Crippen LogP contribution in [0.5, 0.6) is 11.5 Å². The van der Waals surface area contributed by atoms with Crippen molar-refractivity contribution in [2.75, 3.05) is 13.7 Å². The topological polar surface area (TPSA) is 30.5 Å². The van der Waals surface area contributed by atoms with E-state index in [-0.39, 0.29) is 6.61 Å². The molecule has 2 aromatic carbocycles. The molecule has 2 aromatic rings. The van der Waals surface area contributed by atoms with E-state index in [4.69, 9.17) is 44.3 Å². The van der Waals surface area contributed by atoms with Gasteiger partial charge in [0.1, 0.15) is 6.61 Å². The maximum Gasteiger partial charge on any atom is 0.180 e. The van der Waals surface area contributed by atoms with Crippen LogP contribution in [0.25, 0.3) is 0 Å². The number of hydrogen-bond acceptors (Lipinski definition) is 3. The Bertz CT molecular complexity index is 768. The lowest BCUT2D eigenvalue weighted by atomic mass is 10.1. The zero-order valence-corrected chi connectivity index (χ0v) is 19.5. The Balaban J connectivity index is 1.88. The van der Waals surface area contributed by atoms with E-state index < -0.39 is 0 Å². The number of methoxy groups -OCH3 is 1. The van der Waals surface area contributed by atoms with E-state index in [1.54, 1.807) is 19.2 Å². The molecule has 0 radical (unpaired) electrons. The van der Waals surface area contributed by atoms with Crippen LogP contribution >= 0.6 is 34.8 Å². The van der Waals surface area contributed by atoms with E-state index in [0.717, 1.165) is 24.2 Å². The Morgan fingerprint density at radius 1 is 0.897 bits per heavy atom. The summed E-state index contributed by atoms with van der Waals surface area (Å²) in [7, 11) is 1.61. The second-order valence-electron chi connectivity index (χ2n) is 7.08. The smallest absolute Gasteiger partial charge is 0.180 e. The van der Waals surface area contributed by atoms with Crippen molar-refractivity contribution >= 4 is 34.8 Å². The third kappa shape index (κ3) is 8.25. The monoisotopic (exact) mass is 457 g/mol. The third-order valence-electron chi connectivity index (χ3n) is 4.71. The average Bonchev–Trinajstić information content (AvgIpc) is 2.70. The van der Waals surface area contributed by atoms with Crippen molar-refractivity contribution in [3.05, 3.63) is 56.5 Å². The fourth-order valence-corrected chi connectivity index (χ4v) is 3.82. The second kappa shape index (κ2) is 13.2. The quantitative estimate of drug-likeness (QED) is 0.312. The number of nitrogens with one attached hydrogen (secondary N) is 1. The molecule has 0 amide bonds. The van der Waals surface area contributed by atoms with Gasteiger partial charge in [0.2, 0.25) is 0 Å². The molecule has 0 unspecified atom stereocenters. The first-order chi connectivity index (χ1) is 14.0. The van der Waals surface area contributed by atoms with Gasteiger partial charge in [-0.15, -0.1) is 0 Å². The van der Waals surface area contributed by atoms with Crippen LogP contribution in [0.15, 0.2) is 30.3 Å². The molecule has 6 heteroatoms. The molecule has 0 atom stereocenters. The summed E-state index contributed by atoms with van der Waals surface area (Å²) in [6.45, 7) is 4.26. The molecule has 2 rings (SSSR count). The van der Waals surface area contributed by atoms with E-state index in [9.17, 15) is 0 Å². The third-order valence-corrected chi connectivity index (χ3v) is 5.58. The molecule has 0 heterocycles. The zero-order chi connectivity index (χ0) is 21.1. The number of hydrogen-bond donors (Lipinski definition) is 1. The highest BCUT2D eigenvalue weighted by Gasteiger charge is 2.13. The molecule has 1 N–H and O–H groups in total. The summed E-state index contributed by atoms with van der Waals surface area (Å²) in [6, 6.07) is 9.18. The van der Waals surface area contributed by atoms with Crippen LogP contribution in [-0.2, 0) is 13.2 Å². The summed E-state index contributed by atoms with van der Waals surface area (Å²) < 4.78 is 11.4. The highest BCUT2D eigenvalue weighted by molar-refractivity contribution is 6.35. The molecule has 0 aromatic heterocycles. The fourth-order valence-electron chi connectivity index (χ4n) is 3.07. The molecule has 0 saturated carbocycles. The first-order valence-electron chi connectivity index (χ1n) is 10.2. The summed E-state index contributed by atoms with van der Waals surface area (Å²) in [5.41, 5.74) is 1.90. The number of rotatable bonds is 13. The lowest BCUT2D eigenvalue weighted by Crippen LogP contribution is -2.14. The summed E-state index contributed by atoms with van der Waals surface area (Å²) in [5, 5.41) is 5.14. The minimum absolute atomic E-state index is 0.279. The second-order valence-corrected chi connectivity index (χ2v) is 8.33. The number of benzene rings is 2. The van der Waals surface area contributed by atoms with E-state index in [0.29, 0.717) is 26.6 Å². The maximum atomic E-state index is 6.47. The molecule has 0 spiro atoms. The highest BCUT2D eigenvalue weighted by Crippen LogP contribution is 2.37. The maximum absolute atomic E-state index is 6.47. The van der Waals surface area contributed by atoms with Crippen LogP contribution < -0.4 is 14.8 Å². The van der Waals surface area contributed by atoms with Gasteiger partial charge in [0.25, 0.3) is 0 Å². The lowest BCUT2D eigenvalue weighted by molar-refractivity contribution is 0.284. The largest absolute Gasteiger partial charge is 0.493 e. The standard InChI is InChI=1S/C23H30Cl3NO2/c1-3-4-5-6-7-8-11-27-15-17-12-21(26)23(22(13-17)28-2)29-16-18-9-10-19(24)14-20(18)25/h9-10,12-14,27H,3-8,11,15-16H2,1-2H3. The van der Waals surface area contributed by atoms with E-state index in [1.807, 2.05) is 18.2 Å². The number of halogens is 3. The Labute approximate surface area is 189 Å². The molecule has 0 aliphatic carbocycles. The summed E-state index contributed by atoms with van der Waals surface area (Å²) in [6.07, 6.45) is 7.75. The van der Waals surface area contributed by atoms with Gasteiger partial charge < -0.3 is 14.8 Å². The van der Waals surface area contributed by atoms with Crippen molar-refractivity contribution in [3.63, 3.8) is 0 Å². The van der Waals surface area contributed by atoms with Gasteiger partial charge in [-0.1, -0.05) is 79.9 Å². The number of ether oxygens (including phenoxy) is 2. The summed E-state index contributed by atoms with van der Waals surface area (Å²) >= 11 is 18.6. The molecule has 29 heavy (non-hydrogen) atoms. The predicted octanol–water partition coefficient (Wildman–Crippen LogP) is 7.68. The first-order valence-corrected chi connectivity index (χ1v) is 11.3. The summed E-state index contributed by atoms with van der Waals surface area (Å²) in [5.74, 6) is 1.12. The van der Waals surface area contributed by atoms with Crippen molar-refractivity contribution in [1.82, 2.24) is 5.32 Å². The van der Waals surface area contributed by atoms with Crippen molar-refractivity contribution < 1.29 is 9.47 Å². The molecule has 0 saturated heterocycles. The Morgan fingerprint density at radius 3 is 2.38 bits per heavy atom. The van der Waals surface area contributed by atoms with Crippen LogP contribution in [0.1, 0.15) is 56.6 Å². The molecule has 0 bridgehead atoms. The van der Waals surface area contributed by atoms with Crippen LogP contribution in [-0.4, -0.2) is 13.7 Å². The molecule has 0 fully saturated rings. The van der Waals surface area contributed by atoms with Gasteiger partial charge in [-0.25, -0.2) is 0 Å². The summed E-state index contributed by atoms with van der Waals surface area (Å²) in [4.78, 5) is 0. The Hall–Kier alpha value is -1.13. The molecular weight excluding hydrogens is 429 g/mol. The normalized spacial score (nSPS) is 10.9. The van der Waals surface area contributed by atoms with Crippen molar-refractivity contribution in [2.24, 2.45) is 0 Å². The van der Waals surface area contributed by atoms with E-state index in [2.05, 4.69) is 12.2 Å². The SMILES string of the molecule is CCCCCCCCNCc1cc(Cl)c(OCc2ccc(Cl)cc2Cl)c(OC)c1. The van der Waals surface area contributed by atoms with Crippen LogP contribution in [0.2, 0.25) is 15.1 Å². The van der Waals surface area contributed by atoms with Crippen LogP contribution in [0.3, 0.4) is 0 Å². The highest BCUT2D eigenvalue weighted by atomic mass is 35.5. The Kier molecular flexibility index (Phi) is 11.0. The van der Waals surface area contributed by atoms with E-state index in [1.165, 1.54) is 38.5 Å². The van der Waals surface area contributed by atoms with Crippen LogP contribution in [0, 0.1) is 0 Å². The van der Waals surface area contributed by atoms with Crippen LogP contribution in [0.4, 0.5) is 0 Å². The van der Waals surface area contributed by atoms with Gasteiger partial charge in [-0.2, -0.15) is 0 Å². The van der Waals surface area contributed by atoms with Gasteiger partial charge in [0.05, 0.1) is 12.1 Å². The average molecular weight is 459 g/mol. The van der Waals surface area contributed by atoms with Crippen molar-refractivity contribution in [1.29, 1.82) is 0 Å². The lowest BCUT2D eigenvalue weighted by Gasteiger charge is -2.15. The predicted molar refractivity (Wildman–Crippen MR) is 124 cm³/mol. The number of unbranched alkanes of at least 4 members (excludes halogenated alkanes) is 5. The van der Waals surface area contributed by atoms with Gasteiger partial charge in [-0.3, -0.25) is 0 Å². The minimum atomic E-state index is 0.279. The molecule has 160 valence electrons. The van der Waals surface area contributed by atoms with Crippen molar-refractivity contribution in [2.45, 2.75) is 58.6 Å². The van der Waals surface area contributed by atoms with Gasteiger partial charge in [-0.05, 0) is 42.8 Å². The molecule has 0 aliphatic rings. The van der Waals surface area contributed by atoms with Gasteiger partial charge in [0.15, 0.2) is 11.5 Å². The fraction of sp³-hybridized carbons (Fsp3) is 0.478. The zero-order valence-electron chi connectivity index (χ0n) is 17.2. The van der Waals surface area contributed by atoms with Gasteiger partial charge >= 0.3 is 0 Å². The van der Waals surface area contributed by atoms with E-state index >= 15 is 0 Å². The first kappa shape index (κ1) is 24.1. The molecule has 3 nitrogen and oxygen atoms in total. The molecule has 0 aliphatic heterocycles. The Morgan fingerprint density at radius 2 is 1.66 bits per heavy atom. The van der Waals surface area contributed by atoms with Crippen molar-refractivity contribution in [3.8, 4) is 11.5 Å². The molecular formula is C23H30Cl3NO2. The minimum Gasteiger partial charge on any atom is -0.493 e. The van der Waals surface area contributed by atoms with Gasteiger partial charge in [0, 0.05) is 22.2 Å².